The summed E-state index contributed by atoms with van der Waals surface area (Å²) in [5.74, 6) is 0. The van der Waals surface area contributed by atoms with Crippen molar-refractivity contribution >= 4 is 29.0 Å². The van der Waals surface area contributed by atoms with E-state index in [4.69, 9.17) is 4.74 Å². The van der Waals surface area contributed by atoms with Crippen molar-refractivity contribution in [3.63, 3.8) is 0 Å². The molecule has 0 spiro atoms. The maximum atomic E-state index is 5.77. The van der Waals surface area contributed by atoms with Gasteiger partial charge in [-0.05, 0) is 29.0 Å². The molecule has 0 aromatic rings. The highest BCUT2D eigenvalue weighted by Gasteiger charge is 2.24. The summed E-state index contributed by atoms with van der Waals surface area (Å²) in [6, 6.07) is 0. The Bertz CT molecular complexity index is 90.2. The largest absolute Gasteiger partial charge is 0.384 e. The Hall–Kier alpha value is 0.611. The van der Waals surface area contributed by atoms with Gasteiger partial charge in [0.2, 0.25) is 0 Å². The van der Waals surface area contributed by atoms with E-state index in [-0.39, 0.29) is 9.04 Å². The van der Waals surface area contributed by atoms with Crippen LogP contribution < -0.4 is 0 Å². The monoisotopic (exact) mass is 176 g/mol. The van der Waals surface area contributed by atoms with Crippen molar-refractivity contribution in [1.82, 2.24) is 0 Å². The first-order chi connectivity index (χ1) is 4.27. The lowest BCUT2D eigenvalue weighted by Crippen LogP contribution is -2.43. The molecule has 4 heteroatoms. The quantitative estimate of drug-likeness (QED) is 0.407. The highest BCUT2D eigenvalue weighted by molar-refractivity contribution is 6.94. The van der Waals surface area contributed by atoms with Gasteiger partial charge in [-0.1, -0.05) is 0 Å². The molecule has 1 rings (SSSR count). The molecule has 54 valence electrons. The van der Waals surface area contributed by atoms with Gasteiger partial charge in [0.05, 0.1) is 0 Å². The molecule has 1 nitrogen and oxygen atoms in total. The fraction of sp³-hybridized carbons (Fsp3) is 1.00. The first-order valence-electron chi connectivity index (χ1n) is 3.91. The second kappa shape index (κ2) is 3.14. The maximum Gasteiger partial charge on any atom is 0.0464 e. The van der Waals surface area contributed by atoms with Gasteiger partial charge in [-0.15, -0.1) is 0 Å². The Labute approximate surface area is 65.0 Å². The third kappa shape index (κ3) is 2.03. The summed E-state index contributed by atoms with van der Waals surface area (Å²) < 4.78 is 5.77. The second-order valence-corrected chi connectivity index (χ2v) is 10.7. The Balaban J connectivity index is 2.37. The van der Waals surface area contributed by atoms with Crippen molar-refractivity contribution in [3.05, 3.63) is 0 Å². The number of ether oxygens (including phenoxy) is 1. The third-order valence-corrected chi connectivity index (χ3v) is 16.0. The topological polar surface area (TPSA) is 9.23 Å². The van der Waals surface area contributed by atoms with E-state index in [1.54, 1.807) is 0 Å². The van der Waals surface area contributed by atoms with Crippen LogP contribution in [0.1, 0.15) is 19.3 Å². The zero-order valence-corrected chi connectivity index (χ0v) is 11.9. The molecular weight excluding hydrogens is 160 g/mol. The van der Waals surface area contributed by atoms with Crippen molar-refractivity contribution in [2.75, 3.05) is 6.61 Å². The van der Waals surface area contributed by atoms with Crippen LogP contribution in [0.3, 0.4) is 0 Å². The molecule has 0 N–H and O–H groups in total. The normalized spacial score (nSPS) is 38.7. The van der Waals surface area contributed by atoms with Crippen molar-refractivity contribution in [2.24, 2.45) is 0 Å². The predicted molar refractivity (Wildman–Crippen MR) is 51.0 cm³/mol. The average molecular weight is 176 g/mol. The van der Waals surface area contributed by atoms with Gasteiger partial charge in [-0.25, -0.2) is 0 Å². The molecule has 0 radical (unpaired) electrons. The van der Waals surface area contributed by atoms with E-state index in [0.717, 1.165) is 6.61 Å². The lowest BCUT2D eigenvalue weighted by Gasteiger charge is -2.32. The van der Waals surface area contributed by atoms with Crippen LogP contribution in [0.15, 0.2) is 0 Å². The maximum absolute atomic E-state index is 5.77. The van der Waals surface area contributed by atoms with Crippen molar-refractivity contribution < 1.29 is 4.74 Å². The average Bonchev–Trinajstić information content (AvgIpc) is 1.90. The van der Waals surface area contributed by atoms with Crippen LogP contribution in [0.5, 0.6) is 0 Å². The van der Waals surface area contributed by atoms with E-state index in [1.807, 2.05) is 0 Å². The first-order valence-corrected chi connectivity index (χ1v) is 11.3. The SMILES string of the molecule is [SiH3][SiH2]C1([SiH3])CCCCO1. The summed E-state index contributed by atoms with van der Waals surface area (Å²) in [5.41, 5.74) is 0. The third-order valence-electron chi connectivity index (χ3n) is 2.30. The highest BCUT2D eigenvalue weighted by Crippen LogP contribution is 2.19. The number of hydrogen-bond acceptors (Lipinski definition) is 1. The van der Waals surface area contributed by atoms with Crippen LogP contribution in [0.25, 0.3) is 0 Å². The van der Waals surface area contributed by atoms with E-state index in [9.17, 15) is 0 Å². The highest BCUT2D eigenvalue weighted by atomic mass is 29.1. The molecule has 9 heavy (non-hydrogen) atoms. The molecule has 1 aliphatic heterocycles. The molecule has 1 fully saturated rings. The summed E-state index contributed by atoms with van der Waals surface area (Å²) in [5, 5.41) is 0. The molecule has 1 atom stereocenters. The van der Waals surface area contributed by atoms with Gasteiger partial charge < -0.3 is 4.74 Å². The van der Waals surface area contributed by atoms with Crippen LogP contribution in [0.2, 0.25) is 0 Å². The molecule has 1 heterocycles. The Morgan fingerprint density at radius 3 is 2.56 bits per heavy atom. The van der Waals surface area contributed by atoms with Crippen molar-refractivity contribution in [1.29, 1.82) is 0 Å². The lowest BCUT2D eigenvalue weighted by molar-refractivity contribution is 0.0373. The fourth-order valence-electron chi connectivity index (χ4n) is 1.27. The molecule has 1 saturated heterocycles. The molecule has 0 aromatic heterocycles. The van der Waals surface area contributed by atoms with Crippen molar-refractivity contribution in [2.45, 2.75) is 24.1 Å². The molecule has 1 unspecified atom stereocenters. The Morgan fingerprint density at radius 1 is 1.44 bits per heavy atom. The minimum absolute atomic E-state index is 0.250. The van der Waals surface area contributed by atoms with Gasteiger partial charge in [-0.2, -0.15) is 0 Å². The Kier molecular flexibility index (Phi) is 2.69. The second-order valence-electron chi connectivity index (χ2n) is 3.11. The van der Waals surface area contributed by atoms with E-state index < -0.39 is 0 Å². The zero-order valence-electron chi connectivity index (χ0n) is 6.44. The minimum Gasteiger partial charge on any atom is -0.384 e. The van der Waals surface area contributed by atoms with Crippen LogP contribution in [0, 0.1) is 0 Å². The smallest absolute Gasteiger partial charge is 0.0464 e. The molecule has 0 saturated carbocycles. The van der Waals surface area contributed by atoms with E-state index in [1.165, 1.54) is 39.3 Å². The molecule has 0 bridgehead atoms. The van der Waals surface area contributed by atoms with Gasteiger partial charge in [0, 0.05) is 30.7 Å². The van der Waals surface area contributed by atoms with Crippen molar-refractivity contribution in [3.8, 4) is 0 Å². The first kappa shape index (κ1) is 7.71. The molecule has 1 aliphatic rings. The lowest BCUT2D eigenvalue weighted by atomic mass is 10.2. The van der Waals surface area contributed by atoms with Crippen LogP contribution >= 0.6 is 0 Å². The van der Waals surface area contributed by atoms with Gasteiger partial charge in [0.15, 0.2) is 0 Å². The van der Waals surface area contributed by atoms with E-state index in [2.05, 4.69) is 0 Å². The number of hydrogen-bond donors (Lipinski definition) is 0. The Morgan fingerprint density at radius 2 is 2.22 bits per heavy atom. The molecule has 0 aromatic carbocycles. The molecular formula is C5H16OSi3. The van der Waals surface area contributed by atoms with Crippen LogP contribution in [0.4, 0.5) is 0 Å². The predicted octanol–water partition coefficient (Wildman–Crippen LogP) is -2.34. The van der Waals surface area contributed by atoms with Gasteiger partial charge in [0.1, 0.15) is 0 Å². The van der Waals surface area contributed by atoms with Gasteiger partial charge >= 0.3 is 0 Å². The summed E-state index contributed by atoms with van der Waals surface area (Å²) in [4.78, 5) is 0.560. The minimum atomic E-state index is 0.250. The molecule has 0 aliphatic carbocycles. The van der Waals surface area contributed by atoms with E-state index in [0.29, 0.717) is 4.85 Å². The van der Waals surface area contributed by atoms with Gasteiger partial charge in [0.25, 0.3) is 0 Å². The van der Waals surface area contributed by atoms with Crippen LogP contribution in [-0.4, -0.2) is 40.5 Å². The van der Waals surface area contributed by atoms with Gasteiger partial charge in [-0.3, -0.25) is 0 Å². The zero-order chi connectivity index (χ0) is 6.74. The summed E-state index contributed by atoms with van der Waals surface area (Å²) in [6.45, 7) is 1.07. The summed E-state index contributed by atoms with van der Waals surface area (Å²) >= 11 is 0. The fourth-order valence-corrected chi connectivity index (χ4v) is 4.45. The standard InChI is InChI=1S/C5H16OSi3/c7-5(9-8)3-1-2-4-6-5/h1-4,9H2,7-8H3. The van der Waals surface area contributed by atoms with Crippen LogP contribution in [-0.2, 0) is 4.74 Å². The number of rotatable bonds is 1. The summed E-state index contributed by atoms with van der Waals surface area (Å²) in [7, 11) is 3.01. The van der Waals surface area contributed by atoms with E-state index >= 15 is 0 Å². The molecule has 0 amide bonds. The summed E-state index contributed by atoms with van der Waals surface area (Å²) in [6.07, 6.45) is 4.17.